The van der Waals surface area contributed by atoms with Gasteiger partial charge in [-0.25, -0.2) is 33.6 Å². The lowest BCUT2D eigenvalue weighted by atomic mass is 10.4. The molecule has 642 valence electrons. The first-order valence-electron chi connectivity index (χ1n) is 39.1. The zero-order chi connectivity index (χ0) is 86.2. The largest absolute Gasteiger partial charge is 0.462 e. The van der Waals surface area contributed by atoms with E-state index in [1.54, 1.807) is 48.5 Å². The van der Waals surface area contributed by atoms with Crippen molar-refractivity contribution in [3.63, 3.8) is 0 Å². The van der Waals surface area contributed by atoms with Gasteiger partial charge in [0.1, 0.15) is 0 Å². The van der Waals surface area contributed by atoms with Crippen LogP contribution in [-0.4, -0.2) is 206 Å². The van der Waals surface area contributed by atoms with Gasteiger partial charge in [0, 0.05) is 39.0 Å². The van der Waals surface area contributed by atoms with Gasteiger partial charge in [-0.3, -0.25) is 0 Å². The third kappa shape index (κ3) is 38.8. The second kappa shape index (κ2) is 44.4. The van der Waals surface area contributed by atoms with Crippen LogP contribution >= 0.6 is 0 Å². The lowest BCUT2D eigenvalue weighted by Crippen LogP contribution is -2.67. The van der Waals surface area contributed by atoms with Gasteiger partial charge in [0.15, 0.2) is 32.3 Å². The Morgan fingerprint density at radius 3 is 0.607 bits per heavy atom. The first-order valence-corrected chi connectivity index (χ1v) is 77.7. The van der Waals surface area contributed by atoms with Crippen LogP contribution in [0, 0.1) is 0 Å². The number of rotatable bonds is 49. The van der Waals surface area contributed by atoms with Crippen molar-refractivity contribution in [1.29, 1.82) is 0 Å². The van der Waals surface area contributed by atoms with Crippen molar-refractivity contribution in [2.24, 2.45) is 0 Å². The van der Waals surface area contributed by atoms with E-state index in [1.807, 2.05) is 39.3 Å². The summed E-state index contributed by atoms with van der Waals surface area (Å²) in [6.45, 7) is 78.2. The predicted octanol–water partition coefficient (Wildman–Crippen LogP) is 17.0. The van der Waals surface area contributed by atoms with Crippen LogP contribution < -0.4 is 0 Å². The van der Waals surface area contributed by atoms with Crippen LogP contribution in [0.15, 0.2) is 85.1 Å². The third-order valence-corrected chi connectivity index (χ3v) is 90.0. The molecular formula is C72H142O26Si14. The smallest absolute Gasteiger partial charge is 0.333 e. The van der Waals surface area contributed by atoms with Gasteiger partial charge in [0.05, 0.1) is 46.2 Å². The van der Waals surface area contributed by atoms with Crippen LogP contribution in [-0.2, 0) is 116 Å². The molecule has 0 saturated carbocycles. The second-order valence-electron chi connectivity index (χ2n) is 34.5. The zero-order valence-electron chi connectivity index (χ0n) is 73.2. The molecule has 26 nitrogen and oxygen atoms in total. The van der Waals surface area contributed by atoms with Gasteiger partial charge in [0.2, 0.25) is 0 Å². The molecule has 112 heavy (non-hydrogen) atoms. The van der Waals surface area contributed by atoms with Crippen molar-refractivity contribution in [2.75, 3.05) is 46.2 Å². The molecular weight excluding hydrogens is 1670 g/mol. The van der Waals surface area contributed by atoms with Crippen LogP contribution in [0.4, 0.5) is 0 Å². The van der Waals surface area contributed by atoms with Crippen LogP contribution in [0.5, 0.6) is 0 Å². The first kappa shape index (κ1) is 105. The molecule has 0 N–H and O–H groups in total. The van der Waals surface area contributed by atoms with Crippen molar-refractivity contribution in [3.05, 3.63) is 85.1 Å². The summed E-state index contributed by atoms with van der Waals surface area (Å²) in [6.07, 6.45) is 3.04. The van der Waals surface area contributed by atoms with Crippen LogP contribution in [0.2, 0.25) is 191 Å². The third-order valence-electron chi connectivity index (χ3n) is 18.5. The SMILES string of the molecule is C=C(C)C(=O)OCCC[Si]1(C)O[Si](C)(CCCOC(=O)C(=C)C)O[Si](C)(CCCOC(=O)C(=C)C)O[Si](C)(CC[Si](C)(C)O[Si](C)(C)O[Si](C)(C)O[Si](C)(C)O[Si](C)(C)CC[Si]2(C)O[Si](C)(CCCOC(=O)C(=C)C)O[Si](C)(CCCOC(=O)C(=C)C)O[Si]2(C)CCCOC(=O)C(=C)C)O[Si](C)(CCCOC(=O)C(=C)C)O1. The summed E-state index contributed by atoms with van der Waals surface area (Å²) >= 11 is 0. The van der Waals surface area contributed by atoms with E-state index in [4.69, 9.17) is 82.5 Å². The lowest BCUT2D eigenvalue weighted by molar-refractivity contribution is -0.139. The van der Waals surface area contributed by atoms with E-state index in [0.29, 0.717) is 128 Å². The maximum Gasteiger partial charge on any atom is 0.333 e. The Kier molecular flexibility index (Phi) is 41.6. The topological polar surface area (TPSA) is 295 Å². The van der Waals surface area contributed by atoms with Crippen molar-refractivity contribution in [2.45, 2.75) is 284 Å². The highest BCUT2D eigenvalue weighted by Crippen LogP contribution is 2.46. The molecule has 0 aromatic rings. The van der Waals surface area contributed by atoms with Gasteiger partial charge in [-0.05, 0) is 284 Å². The number of carbonyl (C=O) groups excluding carboxylic acids is 7. The Morgan fingerprint density at radius 1 is 0.241 bits per heavy atom. The molecule has 40 heteroatoms. The van der Waals surface area contributed by atoms with E-state index in [-0.39, 0.29) is 68.5 Å². The monoisotopic (exact) mass is 1810 g/mol. The summed E-state index contributed by atoms with van der Waals surface area (Å²) in [5.41, 5.74) is 2.01. The Labute approximate surface area is 686 Å². The molecule has 2 fully saturated rings. The molecule has 2 rings (SSSR count). The number of carbonyl (C=O) groups is 7. The van der Waals surface area contributed by atoms with Crippen molar-refractivity contribution < 1.29 is 116 Å². The van der Waals surface area contributed by atoms with Crippen LogP contribution in [0.25, 0.3) is 0 Å². The van der Waals surface area contributed by atoms with Gasteiger partial charge in [-0.15, -0.1) is 0 Å². The fraction of sp³-hybridized carbons (Fsp3) is 0.708. The Balaban J connectivity index is 2.73. The predicted molar refractivity (Wildman–Crippen MR) is 471 cm³/mol. The average molecular weight is 1820 g/mol. The Bertz CT molecular complexity index is 3250. The van der Waals surface area contributed by atoms with Gasteiger partial charge in [0.25, 0.3) is 0 Å². The standard InChI is InChI=1S/C72H142O26Si14/c1-59(2)66(73)80-41-34-48-104(25)91-105(26,49-35-42-81-67(74)60(3)4)93-107(28,51-37-44-83-69(76)62(7)8)95-110(31,94-106(27,92-104)50-36-43-82-68(75)61(5)6)57-55-99(15,16)87-101(19,20)89-103(23,24)90-102(21,22)88-100(17,18)56-58-112(33)98-109(30,53-39-46-85-71(78)64(11)12)96-108(29,52-38-45-84-70(77)63(9)10)97-111(112,32)54-40-47-86-72(79)65(13)14/h1,3,5,7,9,11,13,34-58H2,2,4,6,8,10,12,14-33H3. The quantitative estimate of drug-likeness (QED) is 0.0180. The molecule has 8 unspecified atom stereocenters. The fourth-order valence-corrected chi connectivity index (χ4v) is 106. The highest BCUT2D eigenvalue weighted by Gasteiger charge is 2.64. The summed E-state index contributed by atoms with van der Waals surface area (Å²) < 4.78 is 130. The summed E-state index contributed by atoms with van der Waals surface area (Å²) in [5, 5.41) is 0. The fourth-order valence-electron chi connectivity index (χ4n) is 13.9. The summed E-state index contributed by atoms with van der Waals surface area (Å²) in [4.78, 5) is 88.7. The van der Waals surface area contributed by atoms with Crippen molar-refractivity contribution in [1.82, 2.24) is 0 Å². The lowest BCUT2D eigenvalue weighted by Gasteiger charge is -2.51. The van der Waals surface area contributed by atoms with Gasteiger partial charge < -0.3 is 82.5 Å². The number of esters is 7. The van der Waals surface area contributed by atoms with Crippen LogP contribution in [0.1, 0.15) is 93.4 Å². The molecule has 0 amide bonds. The molecule has 0 aliphatic carbocycles. The van der Waals surface area contributed by atoms with Gasteiger partial charge >= 0.3 is 127 Å². The Morgan fingerprint density at radius 2 is 0.402 bits per heavy atom. The minimum absolute atomic E-state index is 0.0695. The number of hydrogen-bond acceptors (Lipinski definition) is 26. The maximum atomic E-state index is 12.8. The van der Waals surface area contributed by atoms with Crippen molar-refractivity contribution >= 4 is 160 Å². The molecule has 2 saturated heterocycles. The highest BCUT2D eigenvalue weighted by atomic mass is 29.3. The van der Waals surface area contributed by atoms with Gasteiger partial charge in [-0.2, -0.15) is 0 Å². The molecule has 0 radical (unpaired) electrons. The van der Waals surface area contributed by atoms with E-state index in [1.165, 1.54) is 0 Å². The molecule has 2 aliphatic rings. The molecule has 0 spiro atoms. The molecule has 2 aliphatic heterocycles. The minimum atomic E-state index is -3.57. The van der Waals surface area contributed by atoms with E-state index in [0.717, 1.165) is 0 Å². The van der Waals surface area contributed by atoms with E-state index in [9.17, 15) is 33.6 Å². The summed E-state index contributed by atoms with van der Waals surface area (Å²) in [6, 6.07) is 5.58. The summed E-state index contributed by atoms with van der Waals surface area (Å²) in [5.74, 6) is -3.45. The Hall–Kier alpha value is -2.97. The first-order chi connectivity index (χ1) is 50.9. The second-order valence-corrected chi connectivity index (χ2v) is 92.4. The van der Waals surface area contributed by atoms with E-state index >= 15 is 0 Å². The molecule has 2 heterocycles. The molecule has 0 aromatic carbocycles. The van der Waals surface area contributed by atoms with Gasteiger partial charge in [-0.1, -0.05) is 46.1 Å². The summed E-state index contributed by atoms with van der Waals surface area (Å²) in [7, 11) is -44.6. The maximum absolute atomic E-state index is 12.8. The minimum Gasteiger partial charge on any atom is -0.462 e. The molecule has 0 aromatic heterocycles. The molecule has 0 bridgehead atoms. The van der Waals surface area contributed by atoms with Crippen molar-refractivity contribution in [3.8, 4) is 0 Å². The average Bonchev–Trinajstić information content (AvgIpc) is 1.60. The van der Waals surface area contributed by atoms with E-state index < -0.39 is 160 Å². The normalized spacial score (nSPS) is 26.1. The molecule has 8 atom stereocenters. The van der Waals surface area contributed by atoms with Crippen LogP contribution in [0.3, 0.4) is 0 Å². The highest BCUT2D eigenvalue weighted by molar-refractivity contribution is 7.39. The zero-order valence-corrected chi connectivity index (χ0v) is 87.2. The number of hydrogen-bond donors (Lipinski definition) is 0. The number of ether oxygens (including phenoxy) is 7. The van der Waals surface area contributed by atoms with E-state index in [2.05, 4.69) is 131 Å².